The molecule has 0 aromatic rings. The van der Waals surface area contributed by atoms with Crippen molar-refractivity contribution < 1.29 is 9.53 Å². The lowest BCUT2D eigenvalue weighted by molar-refractivity contribution is -0.138. The highest BCUT2D eigenvalue weighted by Gasteiger charge is 2.38. The Morgan fingerprint density at radius 1 is 1.06 bits per heavy atom. The first-order valence-electron chi connectivity index (χ1n) is 7.30. The van der Waals surface area contributed by atoms with Crippen LogP contribution in [0.15, 0.2) is 0 Å². The molecular weight excluding hydrogens is 212 g/mol. The minimum absolute atomic E-state index is 0.115. The molecule has 2 nitrogen and oxygen atoms in total. The van der Waals surface area contributed by atoms with E-state index in [2.05, 4.69) is 6.92 Å². The number of ketones is 1. The summed E-state index contributed by atoms with van der Waals surface area (Å²) in [6, 6.07) is 0. The van der Waals surface area contributed by atoms with Crippen molar-refractivity contribution >= 4 is 5.78 Å². The zero-order chi connectivity index (χ0) is 12.3. The zero-order valence-corrected chi connectivity index (χ0v) is 11.3. The molecule has 0 radical (unpaired) electrons. The maximum Gasteiger partial charge on any atom is 0.164 e. The van der Waals surface area contributed by atoms with E-state index >= 15 is 0 Å². The van der Waals surface area contributed by atoms with Crippen LogP contribution in [0.2, 0.25) is 0 Å². The van der Waals surface area contributed by atoms with Gasteiger partial charge in [-0.05, 0) is 31.1 Å². The van der Waals surface area contributed by atoms with E-state index in [4.69, 9.17) is 4.74 Å². The van der Waals surface area contributed by atoms with E-state index in [1.54, 1.807) is 7.11 Å². The lowest BCUT2D eigenvalue weighted by Crippen LogP contribution is -2.38. The molecule has 2 saturated carbocycles. The number of methoxy groups -OCH3 is 1. The van der Waals surface area contributed by atoms with Crippen LogP contribution >= 0.6 is 0 Å². The minimum atomic E-state index is -0.115. The Labute approximate surface area is 105 Å². The molecule has 0 aromatic heterocycles. The topological polar surface area (TPSA) is 26.3 Å². The molecule has 2 aliphatic carbocycles. The summed E-state index contributed by atoms with van der Waals surface area (Å²) in [5.41, 5.74) is 0. The second-order valence-corrected chi connectivity index (χ2v) is 5.97. The SMILES string of the molecule is COC(C(=O)C1CCCCC1)C1CCCC1C. The van der Waals surface area contributed by atoms with Crippen LogP contribution in [-0.2, 0) is 9.53 Å². The Kier molecular flexibility index (Phi) is 4.61. The van der Waals surface area contributed by atoms with Crippen LogP contribution < -0.4 is 0 Å². The summed E-state index contributed by atoms with van der Waals surface area (Å²) in [5.74, 6) is 1.84. The number of ether oxygens (including phenoxy) is 1. The molecule has 2 aliphatic rings. The number of hydrogen-bond donors (Lipinski definition) is 0. The molecule has 0 spiro atoms. The van der Waals surface area contributed by atoms with Gasteiger partial charge in [-0.2, -0.15) is 0 Å². The van der Waals surface area contributed by atoms with Crippen LogP contribution in [0.3, 0.4) is 0 Å². The maximum absolute atomic E-state index is 12.5. The second-order valence-electron chi connectivity index (χ2n) is 5.97. The van der Waals surface area contributed by atoms with Crippen molar-refractivity contribution in [3.05, 3.63) is 0 Å². The monoisotopic (exact) mass is 238 g/mol. The summed E-state index contributed by atoms with van der Waals surface area (Å²) in [6.45, 7) is 2.28. The predicted octanol–water partition coefficient (Wildman–Crippen LogP) is 3.59. The average molecular weight is 238 g/mol. The van der Waals surface area contributed by atoms with Crippen molar-refractivity contribution in [2.24, 2.45) is 17.8 Å². The van der Waals surface area contributed by atoms with E-state index in [-0.39, 0.29) is 6.10 Å². The number of carbonyl (C=O) groups excluding carboxylic acids is 1. The predicted molar refractivity (Wildman–Crippen MR) is 68.9 cm³/mol. The first-order chi connectivity index (χ1) is 8.24. The van der Waals surface area contributed by atoms with E-state index in [1.807, 2.05) is 0 Å². The third-order valence-corrected chi connectivity index (χ3v) is 4.86. The average Bonchev–Trinajstić information content (AvgIpc) is 2.78. The van der Waals surface area contributed by atoms with Crippen molar-refractivity contribution in [3.8, 4) is 0 Å². The highest BCUT2D eigenvalue weighted by molar-refractivity contribution is 5.85. The van der Waals surface area contributed by atoms with Gasteiger partial charge in [-0.15, -0.1) is 0 Å². The van der Waals surface area contributed by atoms with Crippen molar-refractivity contribution in [1.82, 2.24) is 0 Å². The Morgan fingerprint density at radius 3 is 2.29 bits per heavy atom. The van der Waals surface area contributed by atoms with Crippen molar-refractivity contribution in [3.63, 3.8) is 0 Å². The Morgan fingerprint density at radius 2 is 1.76 bits per heavy atom. The highest BCUT2D eigenvalue weighted by Crippen LogP contribution is 2.37. The number of Topliss-reactive ketones (excluding diaryl/α,β-unsaturated/α-hetero) is 1. The third-order valence-electron chi connectivity index (χ3n) is 4.86. The smallest absolute Gasteiger partial charge is 0.164 e. The molecule has 0 heterocycles. The second kappa shape index (κ2) is 5.99. The van der Waals surface area contributed by atoms with Crippen LogP contribution in [0, 0.1) is 17.8 Å². The lowest BCUT2D eigenvalue weighted by atomic mass is 9.79. The Hall–Kier alpha value is -0.370. The van der Waals surface area contributed by atoms with Crippen LogP contribution in [0.25, 0.3) is 0 Å². The highest BCUT2D eigenvalue weighted by atomic mass is 16.5. The first kappa shape index (κ1) is 13.1. The lowest BCUT2D eigenvalue weighted by Gasteiger charge is -2.29. The molecule has 0 aromatic carbocycles. The molecular formula is C15H26O2. The summed E-state index contributed by atoms with van der Waals surface area (Å²) >= 11 is 0. The summed E-state index contributed by atoms with van der Waals surface area (Å²) in [4.78, 5) is 12.5. The summed E-state index contributed by atoms with van der Waals surface area (Å²) in [5, 5.41) is 0. The van der Waals surface area contributed by atoms with Gasteiger partial charge in [-0.1, -0.05) is 39.0 Å². The van der Waals surface area contributed by atoms with Crippen LogP contribution in [0.1, 0.15) is 58.3 Å². The van der Waals surface area contributed by atoms with Gasteiger partial charge in [-0.25, -0.2) is 0 Å². The van der Waals surface area contributed by atoms with Gasteiger partial charge >= 0.3 is 0 Å². The van der Waals surface area contributed by atoms with E-state index in [0.717, 1.165) is 12.8 Å². The first-order valence-corrected chi connectivity index (χ1v) is 7.30. The fourth-order valence-corrected chi connectivity index (χ4v) is 3.75. The van der Waals surface area contributed by atoms with Gasteiger partial charge in [0.2, 0.25) is 0 Å². The van der Waals surface area contributed by atoms with Gasteiger partial charge in [0.25, 0.3) is 0 Å². The maximum atomic E-state index is 12.5. The summed E-state index contributed by atoms with van der Waals surface area (Å²) in [7, 11) is 1.72. The van der Waals surface area contributed by atoms with E-state index in [1.165, 1.54) is 38.5 Å². The van der Waals surface area contributed by atoms with Crippen LogP contribution in [0.4, 0.5) is 0 Å². The third kappa shape index (κ3) is 2.90. The van der Waals surface area contributed by atoms with Gasteiger partial charge in [0.1, 0.15) is 6.10 Å². The van der Waals surface area contributed by atoms with Gasteiger partial charge in [0.15, 0.2) is 5.78 Å². The van der Waals surface area contributed by atoms with Crippen molar-refractivity contribution in [2.75, 3.05) is 7.11 Å². The molecule has 2 rings (SSSR count). The van der Waals surface area contributed by atoms with Gasteiger partial charge in [-0.3, -0.25) is 4.79 Å². The van der Waals surface area contributed by atoms with Crippen LogP contribution in [-0.4, -0.2) is 19.0 Å². The van der Waals surface area contributed by atoms with E-state index in [9.17, 15) is 4.79 Å². The number of rotatable bonds is 4. The molecule has 0 bridgehead atoms. The molecule has 0 saturated heterocycles. The molecule has 3 atom stereocenters. The molecule has 0 amide bonds. The fraction of sp³-hybridized carbons (Fsp3) is 0.933. The normalized spacial score (nSPS) is 32.6. The molecule has 2 fully saturated rings. The van der Waals surface area contributed by atoms with Crippen molar-refractivity contribution in [1.29, 1.82) is 0 Å². The molecule has 17 heavy (non-hydrogen) atoms. The van der Waals surface area contributed by atoms with E-state index < -0.39 is 0 Å². The van der Waals surface area contributed by atoms with E-state index in [0.29, 0.717) is 23.5 Å². The molecule has 98 valence electrons. The van der Waals surface area contributed by atoms with Gasteiger partial charge in [0, 0.05) is 13.0 Å². The summed E-state index contributed by atoms with van der Waals surface area (Å²) in [6.07, 6.45) is 9.56. The molecule has 3 unspecified atom stereocenters. The molecule has 0 N–H and O–H groups in total. The fourth-order valence-electron chi connectivity index (χ4n) is 3.75. The molecule has 0 aliphatic heterocycles. The largest absolute Gasteiger partial charge is 0.373 e. The summed E-state index contributed by atoms with van der Waals surface area (Å²) < 4.78 is 5.57. The number of carbonyl (C=O) groups is 1. The van der Waals surface area contributed by atoms with Gasteiger partial charge < -0.3 is 4.74 Å². The van der Waals surface area contributed by atoms with Gasteiger partial charge in [0.05, 0.1) is 0 Å². The quantitative estimate of drug-likeness (QED) is 0.748. The van der Waals surface area contributed by atoms with Crippen LogP contribution in [0.5, 0.6) is 0 Å². The van der Waals surface area contributed by atoms with Crippen molar-refractivity contribution in [2.45, 2.75) is 64.4 Å². The Balaban J connectivity index is 1.98. The standard InChI is InChI=1S/C15H26O2/c1-11-7-6-10-13(11)15(17-2)14(16)12-8-4-3-5-9-12/h11-13,15H,3-10H2,1-2H3. The molecule has 2 heteroatoms. The number of hydrogen-bond acceptors (Lipinski definition) is 2. The zero-order valence-electron chi connectivity index (χ0n) is 11.3. The Bertz CT molecular complexity index is 256. The minimum Gasteiger partial charge on any atom is -0.373 e.